The molecule has 4 heteroatoms. The van der Waals surface area contributed by atoms with Crippen LogP contribution in [-0.4, -0.2) is 13.1 Å². The highest BCUT2D eigenvalue weighted by Crippen LogP contribution is 2.25. The smallest absolute Gasteiger partial charge is 0.141 e. The second-order valence-corrected chi connectivity index (χ2v) is 5.86. The predicted molar refractivity (Wildman–Crippen MR) is 87.9 cm³/mol. The van der Waals surface area contributed by atoms with E-state index >= 15 is 0 Å². The van der Waals surface area contributed by atoms with Gasteiger partial charge in [-0.3, -0.25) is 0 Å². The zero-order valence-electron chi connectivity index (χ0n) is 11.9. The summed E-state index contributed by atoms with van der Waals surface area (Å²) in [6.07, 6.45) is 0.785. The van der Waals surface area contributed by atoms with Gasteiger partial charge in [0.15, 0.2) is 0 Å². The zero-order valence-corrected chi connectivity index (χ0v) is 13.4. The van der Waals surface area contributed by atoms with Gasteiger partial charge in [-0.25, -0.2) is 4.39 Å². The number of nitrogens with one attached hydrogen (secondary N) is 1. The van der Waals surface area contributed by atoms with E-state index in [0.29, 0.717) is 0 Å². The number of likely N-dealkylation sites (N-methyl/N-ethyl adjacent to an activating group) is 1. The zero-order chi connectivity index (χ0) is 15.2. The Hall–Kier alpha value is -1.09. The number of halogens is 3. The van der Waals surface area contributed by atoms with E-state index in [4.69, 9.17) is 23.2 Å². The van der Waals surface area contributed by atoms with E-state index in [9.17, 15) is 4.39 Å². The summed E-state index contributed by atoms with van der Waals surface area (Å²) in [5.41, 5.74) is 2.19. The van der Waals surface area contributed by atoms with Crippen LogP contribution in [0.15, 0.2) is 42.5 Å². The van der Waals surface area contributed by atoms with Gasteiger partial charge in [-0.2, -0.15) is 0 Å². The van der Waals surface area contributed by atoms with Gasteiger partial charge in [-0.1, -0.05) is 48.3 Å². The van der Waals surface area contributed by atoms with Crippen molar-refractivity contribution in [1.29, 1.82) is 0 Å². The third-order valence-corrected chi connectivity index (χ3v) is 3.95. The molecule has 0 saturated carbocycles. The van der Waals surface area contributed by atoms with Crippen LogP contribution in [0.2, 0.25) is 10.0 Å². The fraction of sp³-hybridized carbons (Fsp3) is 0.294. The Morgan fingerprint density at radius 2 is 1.95 bits per heavy atom. The van der Waals surface area contributed by atoms with Crippen LogP contribution < -0.4 is 5.32 Å². The molecule has 0 aliphatic carbocycles. The van der Waals surface area contributed by atoms with E-state index in [1.807, 2.05) is 18.2 Å². The first-order valence-electron chi connectivity index (χ1n) is 7.00. The standard InChI is InChI=1S/C17H18Cl2FN/c1-2-21-11-14(13-4-3-5-15(18)10-13)8-12-6-7-17(20)16(19)9-12/h3-7,9-10,14,21H,2,8,11H2,1H3. The molecule has 21 heavy (non-hydrogen) atoms. The summed E-state index contributed by atoms with van der Waals surface area (Å²) in [6, 6.07) is 12.8. The fourth-order valence-electron chi connectivity index (χ4n) is 2.34. The Labute approximate surface area is 135 Å². The van der Waals surface area contributed by atoms with Gasteiger partial charge in [0, 0.05) is 17.5 Å². The predicted octanol–water partition coefficient (Wildman–Crippen LogP) is 5.07. The first kappa shape index (κ1) is 16.3. The summed E-state index contributed by atoms with van der Waals surface area (Å²) in [5, 5.41) is 4.26. The number of hydrogen-bond donors (Lipinski definition) is 1. The van der Waals surface area contributed by atoms with Gasteiger partial charge in [-0.05, 0) is 48.4 Å². The average molecular weight is 326 g/mol. The molecule has 2 rings (SSSR count). The first-order valence-corrected chi connectivity index (χ1v) is 7.76. The summed E-state index contributed by atoms with van der Waals surface area (Å²) in [6.45, 7) is 3.82. The van der Waals surface area contributed by atoms with E-state index in [2.05, 4.69) is 18.3 Å². The fourth-order valence-corrected chi connectivity index (χ4v) is 2.74. The molecule has 2 aromatic rings. The molecule has 0 heterocycles. The molecular weight excluding hydrogens is 308 g/mol. The molecule has 1 unspecified atom stereocenters. The van der Waals surface area contributed by atoms with Crippen molar-refractivity contribution >= 4 is 23.2 Å². The summed E-state index contributed by atoms with van der Waals surface area (Å²) in [7, 11) is 0. The quantitative estimate of drug-likeness (QED) is 0.782. The monoisotopic (exact) mass is 325 g/mol. The Balaban J connectivity index is 2.21. The Bertz CT molecular complexity index is 601. The topological polar surface area (TPSA) is 12.0 Å². The molecule has 112 valence electrons. The maximum Gasteiger partial charge on any atom is 0.141 e. The van der Waals surface area contributed by atoms with E-state index in [0.717, 1.165) is 30.1 Å². The van der Waals surface area contributed by atoms with Crippen molar-refractivity contribution < 1.29 is 4.39 Å². The minimum Gasteiger partial charge on any atom is -0.316 e. The van der Waals surface area contributed by atoms with E-state index < -0.39 is 0 Å². The third kappa shape index (κ3) is 4.70. The van der Waals surface area contributed by atoms with Gasteiger partial charge < -0.3 is 5.32 Å². The van der Waals surface area contributed by atoms with Gasteiger partial charge in [0.25, 0.3) is 0 Å². The van der Waals surface area contributed by atoms with Crippen molar-refractivity contribution in [2.45, 2.75) is 19.3 Å². The van der Waals surface area contributed by atoms with Gasteiger partial charge in [0.2, 0.25) is 0 Å². The van der Waals surface area contributed by atoms with Crippen LogP contribution in [0.1, 0.15) is 24.0 Å². The van der Waals surface area contributed by atoms with Gasteiger partial charge in [-0.15, -0.1) is 0 Å². The molecule has 1 atom stereocenters. The van der Waals surface area contributed by atoms with Crippen molar-refractivity contribution in [1.82, 2.24) is 5.32 Å². The highest BCUT2D eigenvalue weighted by atomic mass is 35.5. The van der Waals surface area contributed by atoms with Crippen molar-refractivity contribution in [2.75, 3.05) is 13.1 Å². The van der Waals surface area contributed by atoms with E-state index in [-0.39, 0.29) is 16.8 Å². The number of benzene rings is 2. The maximum absolute atomic E-state index is 13.3. The summed E-state index contributed by atoms with van der Waals surface area (Å²) >= 11 is 11.9. The van der Waals surface area contributed by atoms with E-state index in [1.54, 1.807) is 12.1 Å². The second kappa shape index (κ2) is 7.79. The van der Waals surface area contributed by atoms with Crippen LogP contribution in [0.5, 0.6) is 0 Å². The van der Waals surface area contributed by atoms with Crippen molar-refractivity contribution in [2.24, 2.45) is 0 Å². The molecule has 1 nitrogen and oxygen atoms in total. The molecule has 0 amide bonds. The summed E-state index contributed by atoms with van der Waals surface area (Å²) < 4.78 is 13.3. The molecule has 0 spiro atoms. The minimum atomic E-state index is -0.383. The Morgan fingerprint density at radius 1 is 1.14 bits per heavy atom. The average Bonchev–Trinajstić information content (AvgIpc) is 2.47. The molecule has 0 saturated heterocycles. The lowest BCUT2D eigenvalue weighted by atomic mass is 9.92. The molecule has 0 bridgehead atoms. The molecule has 1 N–H and O–H groups in total. The largest absolute Gasteiger partial charge is 0.316 e. The molecule has 0 aliphatic rings. The number of rotatable bonds is 6. The molecule has 0 fully saturated rings. The molecule has 0 aliphatic heterocycles. The van der Waals surface area contributed by atoms with Gasteiger partial charge in [0.05, 0.1) is 5.02 Å². The molecular formula is C17H18Cl2FN. The lowest BCUT2D eigenvalue weighted by Crippen LogP contribution is -2.22. The van der Waals surface area contributed by atoms with Crippen LogP contribution in [-0.2, 0) is 6.42 Å². The molecule has 0 aromatic heterocycles. The first-order chi connectivity index (χ1) is 10.1. The molecule has 2 aromatic carbocycles. The second-order valence-electron chi connectivity index (χ2n) is 5.01. The summed E-state index contributed by atoms with van der Waals surface area (Å²) in [5.74, 6) is -0.114. The SMILES string of the molecule is CCNCC(Cc1ccc(F)c(Cl)c1)c1cccc(Cl)c1. The lowest BCUT2D eigenvalue weighted by molar-refractivity contribution is 0.592. The van der Waals surface area contributed by atoms with E-state index in [1.165, 1.54) is 11.6 Å². The van der Waals surface area contributed by atoms with Gasteiger partial charge >= 0.3 is 0 Å². The van der Waals surface area contributed by atoms with Crippen molar-refractivity contribution in [3.63, 3.8) is 0 Å². The highest BCUT2D eigenvalue weighted by Gasteiger charge is 2.13. The maximum atomic E-state index is 13.3. The van der Waals surface area contributed by atoms with Crippen molar-refractivity contribution in [3.05, 3.63) is 69.5 Å². The van der Waals surface area contributed by atoms with Crippen LogP contribution in [0.4, 0.5) is 4.39 Å². The van der Waals surface area contributed by atoms with Crippen molar-refractivity contribution in [3.8, 4) is 0 Å². The van der Waals surface area contributed by atoms with Crippen LogP contribution in [0.3, 0.4) is 0 Å². The van der Waals surface area contributed by atoms with Crippen LogP contribution >= 0.6 is 23.2 Å². The Morgan fingerprint density at radius 3 is 2.62 bits per heavy atom. The highest BCUT2D eigenvalue weighted by molar-refractivity contribution is 6.31. The molecule has 0 radical (unpaired) electrons. The minimum absolute atomic E-state index is 0.167. The Kier molecular flexibility index (Phi) is 6.04. The van der Waals surface area contributed by atoms with Crippen LogP contribution in [0.25, 0.3) is 0 Å². The normalized spacial score (nSPS) is 12.4. The third-order valence-electron chi connectivity index (χ3n) is 3.43. The van der Waals surface area contributed by atoms with Gasteiger partial charge in [0.1, 0.15) is 5.82 Å². The lowest BCUT2D eigenvalue weighted by Gasteiger charge is -2.18. The number of hydrogen-bond acceptors (Lipinski definition) is 1. The van der Waals surface area contributed by atoms with Crippen LogP contribution in [0, 0.1) is 5.82 Å². The summed E-state index contributed by atoms with van der Waals surface area (Å²) in [4.78, 5) is 0.